The Balaban J connectivity index is 0. The maximum Gasteiger partial charge on any atom is 2.00 e. The Kier molecular flexibility index (Phi) is 6.10. The van der Waals surface area contributed by atoms with Gasteiger partial charge in [-0.3, -0.25) is 0 Å². The number of nitrogens with zero attached hydrogens (tertiary/aromatic N) is 2. The number of rotatable bonds is 0. The van der Waals surface area contributed by atoms with Crippen LogP contribution in [0.1, 0.15) is 0 Å². The third kappa shape index (κ3) is 2.68. The Hall–Kier alpha value is 0.439. The fourth-order valence-corrected chi connectivity index (χ4v) is 0.665. The van der Waals surface area contributed by atoms with Crippen molar-refractivity contribution in [1.82, 2.24) is 9.80 Å². The van der Waals surface area contributed by atoms with Crippen LogP contribution in [0.25, 0.3) is 0 Å². The largest absolute Gasteiger partial charge is 2.00 e. The minimum atomic E-state index is 0. The molecule has 1 radical (unpaired) electrons. The molecule has 1 fully saturated rings. The summed E-state index contributed by atoms with van der Waals surface area (Å²) in [5, 5.41) is 0. The molecule has 0 saturated carbocycles. The van der Waals surface area contributed by atoms with Crippen molar-refractivity contribution in [2.45, 2.75) is 0 Å². The van der Waals surface area contributed by atoms with Gasteiger partial charge in [0.05, 0.1) is 0 Å². The molecule has 0 amide bonds. The second-order valence-corrected chi connectivity index (χ2v) is 1.77. The van der Waals surface area contributed by atoms with Gasteiger partial charge in [-0.05, 0) is 20.8 Å². The summed E-state index contributed by atoms with van der Waals surface area (Å²) in [5.41, 5.74) is 0. The average Bonchev–Trinajstić information content (AvgIpc) is 1.33. The molecule has 1 aliphatic rings. The summed E-state index contributed by atoms with van der Waals surface area (Å²) in [6.45, 7) is 3.14. The van der Waals surface area contributed by atoms with Crippen molar-refractivity contribution < 1.29 is 17.1 Å². The van der Waals surface area contributed by atoms with E-state index in [4.69, 9.17) is 0 Å². The van der Waals surface area contributed by atoms with Gasteiger partial charge >= 0.3 is 17.1 Å². The third-order valence-electron chi connectivity index (χ3n) is 0.840. The molecular weight excluding hydrogens is 152 g/mol. The van der Waals surface area contributed by atoms with E-state index in [-0.39, 0.29) is 24.5 Å². The van der Waals surface area contributed by atoms with Crippen LogP contribution < -0.4 is 0 Å². The minimum Gasteiger partial charge on any atom is -0.435 e. The second kappa shape index (κ2) is 4.33. The molecule has 0 unspecified atom stereocenters. The van der Waals surface area contributed by atoms with Crippen LogP contribution >= 0.6 is 0 Å². The van der Waals surface area contributed by atoms with Crippen molar-refractivity contribution in [1.29, 1.82) is 0 Å². The molecule has 1 saturated heterocycles. The van der Waals surface area contributed by atoms with Gasteiger partial charge in [-0.15, -0.1) is 0 Å². The summed E-state index contributed by atoms with van der Waals surface area (Å²) >= 11 is 0. The van der Waals surface area contributed by atoms with Gasteiger partial charge in [-0.2, -0.15) is 0 Å². The molecule has 0 bridgehead atoms. The topological polar surface area (TPSA) is 6.48 Å². The monoisotopic (exact) mass is 163 g/mol. The first-order chi connectivity index (χ1) is 2.79. The van der Waals surface area contributed by atoms with Crippen molar-refractivity contribution >= 4 is 0 Å². The third-order valence-corrected chi connectivity index (χ3v) is 0.840. The summed E-state index contributed by atoms with van der Waals surface area (Å²) < 4.78 is 0. The zero-order valence-electron chi connectivity index (χ0n) is 5.48. The van der Waals surface area contributed by atoms with Gasteiger partial charge in [0.25, 0.3) is 0 Å². The Morgan fingerprint density at radius 3 is 1.50 bits per heavy atom. The van der Waals surface area contributed by atoms with Crippen LogP contribution in [0.15, 0.2) is 0 Å². The van der Waals surface area contributed by atoms with Gasteiger partial charge in [0, 0.05) is 0 Å². The zero-order chi connectivity index (χ0) is 4.57. The van der Waals surface area contributed by atoms with Gasteiger partial charge in [-0.25, -0.2) is 6.67 Å². The molecule has 53 valence electrons. The van der Waals surface area contributed by atoms with E-state index in [0.29, 0.717) is 0 Å². The van der Waals surface area contributed by atoms with Crippen LogP contribution in [0.5, 0.6) is 0 Å². The Morgan fingerprint density at radius 1 is 1.25 bits per heavy atom. The molecular formula is C5H12CuN2. The summed E-state index contributed by atoms with van der Waals surface area (Å²) in [5.74, 6) is 0. The normalized spacial score (nSPS) is 20.2. The molecule has 0 aromatic carbocycles. The van der Waals surface area contributed by atoms with Crippen molar-refractivity contribution in [2.75, 3.05) is 20.8 Å². The quantitative estimate of drug-likeness (QED) is 0.377. The molecule has 3 heteroatoms. The Bertz CT molecular complexity index is 46.4. The molecule has 0 aromatic heterocycles. The molecule has 0 N–H and O–H groups in total. The van der Waals surface area contributed by atoms with Crippen molar-refractivity contribution in [3.8, 4) is 0 Å². The summed E-state index contributed by atoms with van der Waals surface area (Å²) in [7, 11) is 4.11. The molecule has 1 heterocycles. The molecule has 2 nitrogen and oxygen atoms in total. The molecule has 0 spiro atoms. The smallest absolute Gasteiger partial charge is 0.435 e. The van der Waals surface area contributed by atoms with Gasteiger partial charge in [-0.1, -0.05) is 0 Å². The van der Waals surface area contributed by atoms with E-state index in [1.54, 1.807) is 0 Å². The molecule has 1 aliphatic heterocycles. The van der Waals surface area contributed by atoms with E-state index < -0.39 is 0 Å². The molecule has 0 atom stereocenters. The van der Waals surface area contributed by atoms with Gasteiger partial charge in [0.2, 0.25) is 0 Å². The number of hydrogen-bond acceptors (Lipinski definition) is 2. The van der Waals surface area contributed by atoms with E-state index in [9.17, 15) is 0 Å². The fraction of sp³-hybridized carbons (Fsp3) is 0.600. The van der Waals surface area contributed by atoms with Crippen LogP contribution in [0.2, 0.25) is 0 Å². The first kappa shape index (κ1) is 11.3. The van der Waals surface area contributed by atoms with Crippen LogP contribution in [-0.2, 0) is 17.1 Å². The van der Waals surface area contributed by atoms with Crippen LogP contribution in [-0.4, -0.2) is 30.6 Å². The maximum atomic E-state index is 2.12. The van der Waals surface area contributed by atoms with E-state index in [1.165, 1.54) is 0 Å². The van der Waals surface area contributed by atoms with Crippen LogP contribution in [0.3, 0.4) is 0 Å². The first-order valence-corrected chi connectivity index (χ1v) is 2.04. The predicted molar refractivity (Wildman–Crippen MR) is 31.1 cm³/mol. The van der Waals surface area contributed by atoms with E-state index >= 15 is 0 Å². The van der Waals surface area contributed by atoms with Crippen LogP contribution in [0, 0.1) is 14.1 Å². The van der Waals surface area contributed by atoms with E-state index in [0.717, 1.165) is 6.67 Å². The van der Waals surface area contributed by atoms with E-state index in [2.05, 4.69) is 30.6 Å². The van der Waals surface area contributed by atoms with Gasteiger partial charge in [0.15, 0.2) is 0 Å². The Morgan fingerprint density at radius 2 is 1.50 bits per heavy atom. The fourth-order valence-electron chi connectivity index (χ4n) is 0.665. The first-order valence-electron chi connectivity index (χ1n) is 2.04. The van der Waals surface area contributed by atoms with E-state index in [1.807, 2.05) is 0 Å². The molecule has 0 aromatic rings. The predicted octanol–water partition coefficient (Wildman–Crippen LogP) is 0.388. The summed E-state index contributed by atoms with van der Waals surface area (Å²) in [6, 6.07) is 0. The zero-order valence-corrected chi connectivity index (χ0v) is 6.42. The van der Waals surface area contributed by atoms with Crippen molar-refractivity contribution in [3.63, 3.8) is 0 Å². The SMILES string of the molecule is CN1[CH-]N(C)C1.[CH3-].[Cu+2]. The van der Waals surface area contributed by atoms with Crippen molar-refractivity contribution in [2.24, 2.45) is 0 Å². The molecule has 8 heavy (non-hydrogen) atoms. The van der Waals surface area contributed by atoms with Gasteiger partial charge in [0.1, 0.15) is 0 Å². The summed E-state index contributed by atoms with van der Waals surface area (Å²) in [4.78, 5) is 4.25. The average molecular weight is 164 g/mol. The van der Waals surface area contributed by atoms with Crippen molar-refractivity contribution in [3.05, 3.63) is 14.1 Å². The Labute approximate surface area is 62.3 Å². The second-order valence-electron chi connectivity index (χ2n) is 1.77. The standard InChI is InChI=1S/C4H9N2.CH3.Cu/c1-5-3-6(2)4-5;;/h3H,4H2,1-2H3;1H3;/q2*-1;+2. The molecule has 1 rings (SSSR count). The van der Waals surface area contributed by atoms with Crippen LogP contribution in [0.4, 0.5) is 0 Å². The maximum absolute atomic E-state index is 2.12. The van der Waals surface area contributed by atoms with Gasteiger partial charge < -0.3 is 17.2 Å². The summed E-state index contributed by atoms with van der Waals surface area (Å²) in [6.07, 6.45) is 0. The number of hydrogen-bond donors (Lipinski definition) is 0. The molecule has 0 aliphatic carbocycles. The minimum absolute atomic E-state index is 0.